The van der Waals surface area contributed by atoms with E-state index in [9.17, 15) is 9.18 Å². The lowest BCUT2D eigenvalue weighted by molar-refractivity contribution is -0.138. The van der Waals surface area contributed by atoms with E-state index in [2.05, 4.69) is 4.90 Å². The Morgan fingerprint density at radius 3 is 2.68 bits per heavy atom. The van der Waals surface area contributed by atoms with E-state index in [1.165, 1.54) is 12.5 Å². The van der Waals surface area contributed by atoms with E-state index in [0.29, 0.717) is 5.56 Å². The topological polar surface area (TPSA) is 40.5 Å². The largest absolute Gasteiger partial charge is 0.481 e. The number of carboxylic acid groups (broad SMARTS) is 1. The number of hydrogen-bond acceptors (Lipinski definition) is 2. The van der Waals surface area contributed by atoms with E-state index in [1.807, 2.05) is 6.92 Å². The van der Waals surface area contributed by atoms with Gasteiger partial charge in [-0.15, -0.1) is 0 Å². The third kappa shape index (κ3) is 3.53. The fraction of sp³-hybridized carbons (Fsp3) is 0.533. The van der Waals surface area contributed by atoms with Crippen LogP contribution in [0.3, 0.4) is 0 Å². The summed E-state index contributed by atoms with van der Waals surface area (Å²) in [6.07, 6.45) is 3.25. The average molecular weight is 265 g/mol. The van der Waals surface area contributed by atoms with Gasteiger partial charge in [0.15, 0.2) is 0 Å². The zero-order valence-electron chi connectivity index (χ0n) is 11.2. The molecule has 0 aromatic heterocycles. The monoisotopic (exact) mass is 265 g/mol. The second-order valence-corrected chi connectivity index (χ2v) is 5.24. The number of aryl methyl sites for hydroxylation is 1. The average Bonchev–Trinajstić information content (AvgIpc) is 2.40. The van der Waals surface area contributed by atoms with Gasteiger partial charge in [0.05, 0.1) is 6.42 Å². The van der Waals surface area contributed by atoms with Crippen molar-refractivity contribution in [2.75, 3.05) is 13.1 Å². The van der Waals surface area contributed by atoms with Gasteiger partial charge in [-0.2, -0.15) is 0 Å². The molecule has 0 aliphatic carbocycles. The van der Waals surface area contributed by atoms with Crippen molar-refractivity contribution in [2.45, 2.75) is 38.6 Å². The predicted octanol–water partition coefficient (Wildman–Crippen LogP) is 3.14. The summed E-state index contributed by atoms with van der Waals surface area (Å²) in [5, 5.41) is 9.09. The molecule has 1 aromatic rings. The quantitative estimate of drug-likeness (QED) is 0.909. The number of piperidine rings is 1. The van der Waals surface area contributed by atoms with Crippen LogP contribution >= 0.6 is 0 Å². The molecular weight excluding hydrogens is 245 g/mol. The van der Waals surface area contributed by atoms with Crippen LogP contribution in [-0.4, -0.2) is 29.1 Å². The molecule has 0 spiro atoms. The molecule has 1 aliphatic heterocycles. The maximum absolute atomic E-state index is 14.0. The Balaban J connectivity index is 2.29. The Morgan fingerprint density at radius 2 is 2.05 bits per heavy atom. The van der Waals surface area contributed by atoms with Gasteiger partial charge in [-0.3, -0.25) is 9.69 Å². The first-order valence-electron chi connectivity index (χ1n) is 6.80. The van der Waals surface area contributed by atoms with Crippen LogP contribution in [0, 0.1) is 12.7 Å². The Hall–Kier alpha value is -1.42. The van der Waals surface area contributed by atoms with Crippen molar-refractivity contribution in [1.29, 1.82) is 0 Å². The van der Waals surface area contributed by atoms with Crippen molar-refractivity contribution in [3.05, 3.63) is 35.1 Å². The molecule has 1 saturated heterocycles. The van der Waals surface area contributed by atoms with Crippen LogP contribution in [0.1, 0.15) is 42.9 Å². The van der Waals surface area contributed by atoms with Crippen molar-refractivity contribution in [1.82, 2.24) is 4.90 Å². The van der Waals surface area contributed by atoms with Crippen LogP contribution in [0.4, 0.5) is 4.39 Å². The van der Waals surface area contributed by atoms with Gasteiger partial charge in [-0.1, -0.05) is 24.1 Å². The van der Waals surface area contributed by atoms with Crippen molar-refractivity contribution in [2.24, 2.45) is 0 Å². The van der Waals surface area contributed by atoms with Crippen molar-refractivity contribution < 1.29 is 14.3 Å². The molecule has 2 rings (SSSR count). The molecule has 1 aromatic carbocycles. The van der Waals surface area contributed by atoms with Crippen LogP contribution < -0.4 is 0 Å². The fourth-order valence-electron chi connectivity index (χ4n) is 2.75. The normalized spacial score (nSPS) is 18.2. The van der Waals surface area contributed by atoms with Gasteiger partial charge in [-0.05, 0) is 38.9 Å². The molecule has 1 heterocycles. The Kier molecular flexibility index (Phi) is 4.53. The molecule has 0 amide bonds. The first kappa shape index (κ1) is 14.0. The van der Waals surface area contributed by atoms with E-state index in [0.717, 1.165) is 31.5 Å². The van der Waals surface area contributed by atoms with E-state index >= 15 is 0 Å². The van der Waals surface area contributed by atoms with Gasteiger partial charge in [-0.25, -0.2) is 4.39 Å². The predicted molar refractivity (Wildman–Crippen MR) is 71.6 cm³/mol. The third-order valence-electron chi connectivity index (χ3n) is 3.71. The molecule has 1 atom stereocenters. The summed E-state index contributed by atoms with van der Waals surface area (Å²) in [6, 6.07) is 4.58. The Bertz CT molecular complexity index is 455. The second kappa shape index (κ2) is 6.15. The SMILES string of the molecule is Cc1ccc(F)c(C(CC(=O)O)N2CCCCC2)c1. The minimum absolute atomic E-state index is 0.0413. The molecule has 3 nitrogen and oxygen atoms in total. The molecule has 1 N–H and O–H groups in total. The second-order valence-electron chi connectivity index (χ2n) is 5.24. The summed E-state index contributed by atoms with van der Waals surface area (Å²) in [5.41, 5.74) is 1.48. The van der Waals surface area contributed by atoms with Crippen LogP contribution in [-0.2, 0) is 4.79 Å². The van der Waals surface area contributed by atoms with Crippen molar-refractivity contribution in [3.8, 4) is 0 Å². The highest BCUT2D eigenvalue weighted by molar-refractivity contribution is 5.68. The Morgan fingerprint density at radius 1 is 1.37 bits per heavy atom. The summed E-state index contributed by atoms with van der Waals surface area (Å²) in [7, 11) is 0. The number of likely N-dealkylation sites (tertiary alicyclic amines) is 1. The van der Waals surface area contributed by atoms with Gasteiger partial charge in [0, 0.05) is 11.6 Å². The summed E-state index contributed by atoms with van der Waals surface area (Å²) in [4.78, 5) is 13.2. The highest BCUT2D eigenvalue weighted by Gasteiger charge is 2.26. The maximum Gasteiger partial charge on any atom is 0.305 e. The van der Waals surface area contributed by atoms with Crippen LogP contribution in [0.15, 0.2) is 18.2 Å². The lowest BCUT2D eigenvalue weighted by atomic mass is 9.97. The van der Waals surface area contributed by atoms with E-state index in [1.54, 1.807) is 12.1 Å². The molecule has 0 bridgehead atoms. The van der Waals surface area contributed by atoms with Crippen LogP contribution in [0.5, 0.6) is 0 Å². The fourth-order valence-corrected chi connectivity index (χ4v) is 2.75. The molecule has 19 heavy (non-hydrogen) atoms. The van der Waals surface area contributed by atoms with Gasteiger partial charge in [0.1, 0.15) is 5.82 Å². The van der Waals surface area contributed by atoms with Crippen molar-refractivity contribution in [3.63, 3.8) is 0 Å². The van der Waals surface area contributed by atoms with Gasteiger partial charge in [0.25, 0.3) is 0 Å². The number of aliphatic carboxylic acids is 1. The van der Waals surface area contributed by atoms with Crippen LogP contribution in [0.2, 0.25) is 0 Å². The highest BCUT2D eigenvalue weighted by atomic mass is 19.1. The molecule has 1 unspecified atom stereocenters. The van der Waals surface area contributed by atoms with E-state index in [4.69, 9.17) is 5.11 Å². The molecule has 0 radical (unpaired) electrons. The third-order valence-corrected chi connectivity index (χ3v) is 3.71. The molecule has 4 heteroatoms. The standard InChI is InChI=1S/C15H20FNO2/c1-11-5-6-13(16)12(9-11)14(10-15(18)19)17-7-3-2-4-8-17/h5-6,9,14H,2-4,7-8,10H2,1H3,(H,18,19). The zero-order valence-corrected chi connectivity index (χ0v) is 11.2. The number of nitrogens with zero attached hydrogens (tertiary/aromatic N) is 1. The number of carboxylic acids is 1. The summed E-state index contributed by atoms with van der Waals surface area (Å²) >= 11 is 0. The summed E-state index contributed by atoms with van der Waals surface area (Å²) in [5.74, 6) is -1.18. The summed E-state index contributed by atoms with van der Waals surface area (Å²) in [6.45, 7) is 3.60. The lowest BCUT2D eigenvalue weighted by Crippen LogP contribution is -2.35. The molecular formula is C15H20FNO2. The Labute approximate surface area is 113 Å². The molecule has 1 fully saturated rings. The smallest absolute Gasteiger partial charge is 0.305 e. The lowest BCUT2D eigenvalue weighted by Gasteiger charge is -2.34. The highest BCUT2D eigenvalue weighted by Crippen LogP contribution is 2.30. The van der Waals surface area contributed by atoms with E-state index in [-0.39, 0.29) is 18.3 Å². The molecule has 1 aliphatic rings. The van der Waals surface area contributed by atoms with Gasteiger partial charge in [0.2, 0.25) is 0 Å². The number of carbonyl (C=O) groups is 1. The number of rotatable bonds is 4. The van der Waals surface area contributed by atoms with E-state index < -0.39 is 5.97 Å². The first-order valence-corrected chi connectivity index (χ1v) is 6.80. The zero-order chi connectivity index (χ0) is 13.8. The number of benzene rings is 1. The minimum Gasteiger partial charge on any atom is -0.481 e. The number of halogens is 1. The molecule has 104 valence electrons. The summed E-state index contributed by atoms with van der Waals surface area (Å²) < 4.78 is 14.0. The minimum atomic E-state index is -0.878. The number of hydrogen-bond donors (Lipinski definition) is 1. The molecule has 0 saturated carbocycles. The van der Waals surface area contributed by atoms with Crippen molar-refractivity contribution >= 4 is 5.97 Å². The van der Waals surface area contributed by atoms with Gasteiger partial charge >= 0.3 is 5.97 Å². The van der Waals surface area contributed by atoms with Gasteiger partial charge < -0.3 is 5.11 Å². The maximum atomic E-state index is 14.0. The first-order chi connectivity index (χ1) is 9.08. The van der Waals surface area contributed by atoms with Crippen LogP contribution in [0.25, 0.3) is 0 Å².